The molecular weight excluding hydrogens is 320 g/mol. The van der Waals surface area contributed by atoms with Crippen LogP contribution in [0.5, 0.6) is 0 Å². The predicted molar refractivity (Wildman–Crippen MR) is 102 cm³/mol. The van der Waals surface area contributed by atoms with Crippen molar-refractivity contribution in [1.82, 2.24) is 0 Å². The number of benzene rings is 2. The smallest absolute Gasteiger partial charge is 0.120 e. The minimum absolute atomic E-state index is 0.122. The Labute approximate surface area is 155 Å². The zero-order chi connectivity index (χ0) is 18.9. The Balaban J connectivity index is 2.14. The van der Waals surface area contributed by atoms with Crippen LogP contribution in [0.25, 0.3) is 0 Å². The average molecular weight is 344 g/mol. The summed E-state index contributed by atoms with van der Waals surface area (Å²) in [6, 6.07) is 16.9. The summed E-state index contributed by atoms with van der Waals surface area (Å²) >= 11 is 0. The first kappa shape index (κ1) is 18.2. The molecule has 0 spiro atoms. The molecule has 0 aromatic heterocycles. The molecule has 1 unspecified atom stereocenters. The van der Waals surface area contributed by atoms with Gasteiger partial charge in [-0.15, -0.1) is 0 Å². The van der Waals surface area contributed by atoms with E-state index in [4.69, 9.17) is 4.74 Å². The van der Waals surface area contributed by atoms with Crippen molar-refractivity contribution in [3.8, 4) is 12.1 Å². The van der Waals surface area contributed by atoms with Crippen LogP contribution < -0.4 is 0 Å². The highest BCUT2D eigenvalue weighted by atomic mass is 16.5. The molecule has 1 fully saturated rings. The summed E-state index contributed by atoms with van der Waals surface area (Å²) in [5.74, 6) is 0.597. The van der Waals surface area contributed by atoms with E-state index in [-0.39, 0.29) is 5.92 Å². The molecule has 1 saturated heterocycles. The predicted octanol–water partition coefficient (Wildman–Crippen LogP) is 5.34. The molecule has 0 aliphatic carbocycles. The lowest BCUT2D eigenvalue weighted by Gasteiger charge is -2.43. The van der Waals surface area contributed by atoms with Crippen LogP contribution in [0.3, 0.4) is 0 Å². The molecule has 1 aliphatic heterocycles. The molecule has 132 valence electrons. The second kappa shape index (κ2) is 6.94. The Bertz CT molecular complexity index is 856. The molecule has 1 heterocycles. The van der Waals surface area contributed by atoms with Crippen molar-refractivity contribution < 1.29 is 4.74 Å². The zero-order valence-electron chi connectivity index (χ0n) is 15.8. The maximum atomic E-state index is 9.64. The largest absolute Gasteiger partial charge is 0.365 e. The van der Waals surface area contributed by atoms with Gasteiger partial charge in [-0.05, 0) is 46.2 Å². The summed E-state index contributed by atoms with van der Waals surface area (Å²) in [6.07, 6.45) is 0.852. The number of nitriles is 2. The van der Waals surface area contributed by atoms with E-state index in [0.717, 1.165) is 23.1 Å². The van der Waals surface area contributed by atoms with Gasteiger partial charge < -0.3 is 4.74 Å². The Morgan fingerprint density at radius 1 is 0.885 bits per heavy atom. The number of hydrogen-bond donors (Lipinski definition) is 0. The normalized spacial score (nSPS) is 19.1. The minimum atomic E-state index is -0.553. The highest BCUT2D eigenvalue weighted by Gasteiger charge is 2.42. The van der Waals surface area contributed by atoms with Crippen LogP contribution in [0.4, 0.5) is 0 Å². The van der Waals surface area contributed by atoms with Gasteiger partial charge in [0, 0.05) is 6.42 Å². The van der Waals surface area contributed by atoms with E-state index in [1.54, 1.807) is 0 Å². The van der Waals surface area contributed by atoms with E-state index in [1.807, 2.05) is 26.0 Å². The van der Waals surface area contributed by atoms with Crippen LogP contribution in [0.15, 0.2) is 36.4 Å². The average Bonchev–Trinajstić information content (AvgIpc) is 2.60. The van der Waals surface area contributed by atoms with E-state index in [0.29, 0.717) is 23.7 Å². The third-order valence-electron chi connectivity index (χ3n) is 5.31. The summed E-state index contributed by atoms with van der Waals surface area (Å²) in [5.41, 5.74) is 4.68. The molecular formula is C23H24N2O. The molecule has 0 amide bonds. The molecule has 1 aliphatic rings. The topological polar surface area (TPSA) is 56.8 Å². The highest BCUT2D eigenvalue weighted by molar-refractivity contribution is 5.55. The Kier molecular flexibility index (Phi) is 4.86. The molecule has 2 aromatic rings. The molecule has 0 N–H and O–H groups in total. The molecule has 0 bridgehead atoms. The lowest BCUT2D eigenvalue weighted by atomic mass is 9.77. The van der Waals surface area contributed by atoms with Gasteiger partial charge in [0.1, 0.15) is 5.60 Å². The van der Waals surface area contributed by atoms with E-state index in [1.165, 1.54) is 5.56 Å². The third-order valence-corrected chi connectivity index (χ3v) is 5.31. The van der Waals surface area contributed by atoms with Crippen molar-refractivity contribution in [3.05, 3.63) is 69.8 Å². The fourth-order valence-electron chi connectivity index (χ4n) is 3.76. The monoisotopic (exact) mass is 344 g/mol. The van der Waals surface area contributed by atoms with E-state index in [2.05, 4.69) is 50.3 Å². The van der Waals surface area contributed by atoms with E-state index >= 15 is 0 Å². The van der Waals surface area contributed by atoms with Gasteiger partial charge in [0.25, 0.3) is 0 Å². The number of nitrogens with zero attached hydrogens (tertiary/aromatic N) is 2. The van der Waals surface area contributed by atoms with Crippen molar-refractivity contribution in [2.45, 2.75) is 51.6 Å². The van der Waals surface area contributed by atoms with Crippen LogP contribution in [0.1, 0.15) is 79.3 Å². The van der Waals surface area contributed by atoms with Gasteiger partial charge in [0.15, 0.2) is 0 Å². The Hall–Kier alpha value is -2.62. The molecule has 26 heavy (non-hydrogen) atoms. The van der Waals surface area contributed by atoms with Gasteiger partial charge >= 0.3 is 0 Å². The van der Waals surface area contributed by atoms with Crippen molar-refractivity contribution in [2.24, 2.45) is 0 Å². The summed E-state index contributed by atoms with van der Waals surface area (Å²) in [4.78, 5) is 0. The van der Waals surface area contributed by atoms with Gasteiger partial charge in [-0.3, -0.25) is 0 Å². The maximum absolute atomic E-state index is 9.64. The third kappa shape index (κ3) is 2.90. The van der Waals surface area contributed by atoms with E-state index < -0.39 is 5.60 Å². The molecule has 3 heteroatoms. The minimum Gasteiger partial charge on any atom is -0.365 e. The quantitative estimate of drug-likeness (QED) is 0.752. The van der Waals surface area contributed by atoms with Gasteiger partial charge in [0.05, 0.1) is 29.9 Å². The van der Waals surface area contributed by atoms with Crippen molar-refractivity contribution in [1.29, 1.82) is 10.5 Å². The Morgan fingerprint density at radius 3 is 1.77 bits per heavy atom. The standard InChI is InChI=1S/C23H24N2O/c1-15(2)17-5-7-20(8-6-17)23(9-10-26-23)21-11-18(13-24)22(16(3)4)19(12-21)14-25/h5-8,11-12,15-16H,9-10H2,1-4H3. The first-order chi connectivity index (χ1) is 12.4. The van der Waals surface area contributed by atoms with Gasteiger partial charge in [-0.2, -0.15) is 10.5 Å². The molecule has 2 aromatic carbocycles. The second-order valence-corrected chi connectivity index (χ2v) is 7.57. The maximum Gasteiger partial charge on any atom is 0.120 e. The summed E-state index contributed by atoms with van der Waals surface area (Å²) in [7, 11) is 0. The van der Waals surface area contributed by atoms with Crippen LogP contribution in [-0.2, 0) is 10.3 Å². The van der Waals surface area contributed by atoms with Crippen LogP contribution >= 0.6 is 0 Å². The van der Waals surface area contributed by atoms with Crippen molar-refractivity contribution in [2.75, 3.05) is 6.61 Å². The summed E-state index contributed by atoms with van der Waals surface area (Å²) in [5, 5.41) is 19.3. The van der Waals surface area contributed by atoms with Crippen molar-refractivity contribution in [3.63, 3.8) is 0 Å². The fourth-order valence-corrected chi connectivity index (χ4v) is 3.76. The van der Waals surface area contributed by atoms with Gasteiger partial charge in [0.2, 0.25) is 0 Å². The van der Waals surface area contributed by atoms with Crippen LogP contribution in [0, 0.1) is 22.7 Å². The molecule has 0 saturated carbocycles. The number of ether oxygens (including phenoxy) is 1. The summed E-state index contributed by atoms with van der Waals surface area (Å²) < 4.78 is 6.07. The van der Waals surface area contributed by atoms with Gasteiger partial charge in [-0.1, -0.05) is 52.0 Å². The molecule has 0 radical (unpaired) electrons. The highest BCUT2D eigenvalue weighted by Crippen LogP contribution is 2.45. The van der Waals surface area contributed by atoms with Crippen LogP contribution in [-0.4, -0.2) is 6.61 Å². The Morgan fingerprint density at radius 2 is 1.42 bits per heavy atom. The first-order valence-corrected chi connectivity index (χ1v) is 9.16. The molecule has 1 atom stereocenters. The zero-order valence-corrected chi connectivity index (χ0v) is 15.8. The summed E-state index contributed by atoms with van der Waals surface area (Å²) in [6.45, 7) is 9.05. The van der Waals surface area contributed by atoms with Gasteiger partial charge in [-0.25, -0.2) is 0 Å². The SMILES string of the molecule is CC(C)c1ccc(C2(c3cc(C#N)c(C(C)C)c(C#N)c3)CCO2)cc1. The number of rotatable bonds is 4. The fraction of sp³-hybridized carbons (Fsp3) is 0.391. The number of hydrogen-bond acceptors (Lipinski definition) is 3. The first-order valence-electron chi connectivity index (χ1n) is 9.16. The van der Waals surface area contributed by atoms with Crippen molar-refractivity contribution >= 4 is 0 Å². The molecule has 3 nitrogen and oxygen atoms in total. The van der Waals surface area contributed by atoms with Crippen LogP contribution in [0.2, 0.25) is 0 Å². The molecule has 3 rings (SSSR count). The second-order valence-electron chi connectivity index (χ2n) is 7.57. The lowest BCUT2D eigenvalue weighted by Crippen LogP contribution is -2.42. The lowest BCUT2D eigenvalue weighted by molar-refractivity contribution is -0.123. The van der Waals surface area contributed by atoms with E-state index in [9.17, 15) is 10.5 Å².